The van der Waals surface area contributed by atoms with Crippen molar-refractivity contribution < 1.29 is 9.90 Å². The van der Waals surface area contributed by atoms with Gasteiger partial charge in [-0.3, -0.25) is 0 Å². The molecule has 0 atom stereocenters. The van der Waals surface area contributed by atoms with E-state index in [-0.39, 0.29) is 11.1 Å². The molecule has 118 valence electrons. The highest BCUT2D eigenvalue weighted by molar-refractivity contribution is 5.86. The summed E-state index contributed by atoms with van der Waals surface area (Å²) >= 11 is 0. The fourth-order valence-electron chi connectivity index (χ4n) is 2.81. The third kappa shape index (κ3) is 6.44. The molecule has 0 heterocycles. The van der Waals surface area contributed by atoms with Gasteiger partial charge in [-0.25, -0.2) is 4.79 Å². The maximum absolute atomic E-state index is 11.6. The number of aliphatic carboxylic acids is 1. The Morgan fingerprint density at radius 3 is 1.85 bits per heavy atom. The van der Waals surface area contributed by atoms with Crippen LogP contribution in [0.2, 0.25) is 0 Å². The Kier molecular flexibility index (Phi) is 7.32. The molecule has 0 aromatic carbocycles. The van der Waals surface area contributed by atoms with Crippen molar-refractivity contribution in [3.8, 4) is 0 Å². The lowest BCUT2D eigenvalue weighted by molar-refractivity contribution is -0.136. The van der Waals surface area contributed by atoms with Crippen molar-refractivity contribution in [3.63, 3.8) is 0 Å². The molecule has 0 aromatic heterocycles. The predicted molar refractivity (Wildman–Crippen MR) is 85.8 cm³/mol. The van der Waals surface area contributed by atoms with Crippen molar-refractivity contribution >= 4 is 5.97 Å². The quantitative estimate of drug-likeness (QED) is 0.537. The van der Waals surface area contributed by atoms with Gasteiger partial charge in [0.2, 0.25) is 0 Å². The van der Waals surface area contributed by atoms with Crippen LogP contribution in [-0.2, 0) is 4.79 Å². The van der Waals surface area contributed by atoms with Gasteiger partial charge in [-0.1, -0.05) is 32.3 Å². The second-order valence-electron chi connectivity index (χ2n) is 7.42. The third-order valence-electron chi connectivity index (χ3n) is 3.20. The molecule has 0 saturated heterocycles. The summed E-state index contributed by atoms with van der Waals surface area (Å²) in [5, 5.41) is 9.56. The predicted octanol–water partition coefficient (Wildman–Crippen LogP) is 4.82. The van der Waals surface area contributed by atoms with Gasteiger partial charge in [0.1, 0.15) is 5.70 Å². The van der Waals surface area contributed by atoms with Gasteiger partial charge in [0.25, 0.3) is 0 Å². The van der Waals surface area contributed by atoms with Crippen molar-refractivity contribution in [2.24, 2.45) is 0 Å². The Morgan fingerprint density at radius 1 is 1.00 bits per heavy atom. The summed E-state index contributed by atoms with van der Waals surface area (Å²) in [4.78, 5) is 13.7. The number of carboxylic acid groups (broad SMARTS) is 1. The lowest BCUT2D eigenvalue weighted by Crippen LogP contribution is -2.53. The summed E-state index contributed by atoms with van der Waals surface area (Å²) in [6, 6.07) is 0. The van der Waals surface area contributed by atoms with Crippen molar-refractivity contribution in [1.29, 1.82) is 0 Å². The molecule has 0 bridgehead atoms. The minimum absolute atomic E-state index is 0.216. The van der Waals surface area contributed by atoms with E-state index in [0.717, 1.165) is 12.8 Å². The monoisotopic (exact) mass is 283 g/mol. The van der Waals surface area contributed by atoms with Crippen LogP contribution in [0, 0.1) is 0 Å². The molecule has 20 heavy (non-hydrogen) atoms. The van der Waals surface area contributed by atoms with E-state index in [2.05, 4.69) is 48.5 Å². The zero-order chi connectivity index (χ0) is 16.0. The van der Waals surface area contributed by atoms with Gasteiger partial charge < -0.3 is 10.0 Å². The Balaban J connectivity index is 5.11. The second-order valence-corrected chi connectivity index (χ2v) is 7.42. The maximum atomic E-state index is 11.6. The average molecular weight is 283 g/mol. The van der Waals surface area contributed by atoms with E-state index in [9.17, 15) is 9.90 Å². The van der Waals surface area contributed by atoms with Gasteiger partial charge in [0.15, 0.2) is 0 Å². The van der Waals surface area contributed by atoms with Gasteiger partial charge in [-0.15, -0.1) is 0 Å². The molecule has 0 fully saturated rings. The standard InChI is InChI=1S/C17H33NO2/c1-8-9-10-11-12-13-14(15(19)20)18(16(2,3)4)17(5,6)7/h13H,8-12H2,1-7H3,(H,19,20)/b14-13+. The van der Waals surface area contributed by atoms with Gasteiger partial charge in [-0.05, 0) is 54.4 Å². The van der Waals surface area contributed by atoms with Crippen LogP contribution in [-0.4, -0.2) is 27.1 Å². The summed E-state index contributed by atoms with van der Waals surface area (Å²) in [5.41, 5.74) is -0.000811. The average Bonchev–Trinajstić information content (AvgIpc) is 2.23. The summed E-state index contributed by atoms with van der Waals surface area (Å²) < 4.78 is 0. The van der Waals surface area contributed by atoms with E-state index in [1.807, 2.05) is 11.0 Å². The summed E-state index contributed by atoms with van der Waals surface area (Å²) in [7, 11) is 0. The summed E-state index contributed by atoms with van der Waals surface area (Å²) in [6.07, 6.45) is 7.39. The minimum Gasteiger partial charge on any atom is -0.477 e. The van der Waals surface area contributed by atoms with E-state index >= 15 is 0 Å². The molecular weight excluding hydrogens is 250 g/mol. The Labute approximate surface area is 125 Å². The number of hydrogen-bond donors (Lipinski definition) is 1. The minimum atomic E-state index is -0.828. The molecule has 0 aliphatic rings. The number of rotatable bonds is 7. The fraction of sp³-hybridized carbons (Fsp3) is 0.824. The zero-order valence-electron chi connectivity index (χ0n) is 14.4. The summed E-state index contributed by atoms with van der Waals surface area (Å²) in [6.45, 7) is 14.5. The molecule has 0 radical (unpaired) electrons. The number of carboxylic acids is 1. The van der Waals surface area contributed by atoms with E-state index < -0.39 is 5.97 Å². The molecule has 0 aliphatic heterocycles. The van der Waals surface area contributed by atoms with Gasteiger partial charge in [0, 0.05) is 11.1 Å². The number of hydrogen-bond acceptors (Lipinski definition) is 2. The highest BCUT2D eigenvalue weighted by Gasteiger charge is 2.35. The van der Waals surface area contributed by atoms with Crippen molar-refractivity contribution in [1.82, 2.24) is 4.90 Å². The maximum Gasteiger partial charge on any atom is 0.351 e. The van der Waals surface area contributed by atoms with Crippen LogP contribution in [0.5, 0.6) is 0 Å². The van der Waals surface area contributed by atoms with E-state index in [1.165, 1.54) is 19.3 Å². The largest absolute Gasteiger partial charge is 0.477 e. The highest BCUT2D eigenvalue weighted by atomic mass is 16.4. The van der Waals surface area contributed by atoms with Crippen molar-refractivity contribution in [2.45, 2.75) is 91.6 Å². The first-order chi connectivity index (χ1) is 9.01. The summed E-state index contributed by atoms with van der Waals surface area (Å²) in [5.74, 6) is -0.828. The van der Waals surface area contributed by atoms with Crippen LogP contribution in [0.15, 0.2) is 11.8 Å². The normalized spacial score (nSPS) is 13.4. The molecule has 0 aromatic rings. The zero-order valence-corrected chi connectivity index (χ0v) is 14.4. The van der Waals surface area contributed by atoms with Gasteiger partial charge >= 0.3 is 5.97 Å². The van der Waals surface area contributed by atoms with Gasteiger partial charge in [0.05, 0.1) is 0 Å². The molecule has 3 nitrogen and oxygen atoms in total. The molecular formula is C17H33NO2. The smallest absolute Gasteiger partial charge is 0.351 e. The van der Waals surface area contributed by atoms with Crippen molar-refractivity contribution in [2.75, 3.05) is 0 Å². The van der Waals surface area contributed by atoms with Crippen LogP contribution < -0.4 is 0 Å². The molecule has 3 heteroatoms. The van der Waals surface area contributed by atoms with Crippen LogP contribution in [0.25, 0.3) is 0 Å². The van der Waals surface area contributed by atoms with Crippen LogP contribution in [0.3, 0.4) is 0 Å². The van der Waals surface area contributed by atoms with Gasteiger partial charge in [-0.2, -0.15) is 0 Å². The first-order valence-electron chi connectivity index (χ1n) is 7.75. The lowest BCUT2D eigenvalue weighted by atomic mass is 9.94. The van der Waals surface area contributed by atoms with Crippen molar-refractivity contribution in [3.05, 3.63) is 11.8 Å². The molecule has 1 N–H and O–H groups in total. The number of allylic oxidation sites excluding steroid dienone is 1. The Hall–Kier alpha value is -0.990. The highest BCUT2D eigenvalue weighted by Crippen LogP contribution is 2.30. The molecule has 0 amide bonds. The molecule has 0 unspecified atom stereocenters. The van der Waals surface area contributed by atoms with Crippen LogP contribution >= 0.6 is 0 Å². The fourth-order valence-corrected chi connectivity index (χ4v) is 2.81. The third-order valence-corrected chi connectivity index (χ3v) is 3.20. The SMILES string of the molecule is CCCCCC/C=C(\C(=O)O)N(C(C)(C)C)C(C)(C)C. The van der Waals surface area contributed by atoms with E-state index in [4.69, 9.17) is 0 Å². The van der Waals surface area contributed by atoms with Crippen LogP contribution in [0.4, 0.5) is 0 Å². The van der Waals surface area contributed by atoms with E-state index in [1.54, 1.807) is 0 Å². The molecule has 0 rings (SSSR count). The Bertz CT molecular complexity index is 318. The molecule has 0 aliphatic carbocycles. The number of nitrogens with zero attached hydrogens (tertiary/aromatic N) is 1. The molecule has 0 saturated carbocycles. The number of carbonyl (C=O) groups is 1. The molecule has 0 spiro atoms. The number of unbranched alkanes of at least 4 members (excludes halogenated alkanes) is 4. The van der Waals surface area contributed by atoms with E-state index in [0.29, 0.717) is 5.70 Å². The lowest BCUT2D eigenvalue weighted by Gasteiger charge is -2.47. The topological polar surface area (TPSA) is 40.5 Å². The second kappa shape index (κ2) is 7.70. The Morgan fingerprint density at radius 2 is 1.50 bits per heavy atom. The first kappa shape index (κ1) is 19.0. The first-order valence-corrected chi connectivity index (χ1v) is 7.75. The van der Waals surface area contributed by atoms with Crippen LogP contribution in [0.1, 0.15) is 80.6 Å².